The van der Waals surface area contributed by atoms with Crippen LogP contribution in [0.15, 0.2) is 33.5 Å². The largest absolute Gasteiger partial charge is 0.374 e. The Balaban J connectivity index is 1.73. The van der Waals surface area contributed by atoms with E-state index in [-0.39, 0.29) is 16.6 Å². The second kappa shape index (κ2) is 7.73. The van der Waals surface area contributed by atoms with Crippen LogP contribution >= 0.6 is 23.1 Å². The molecule has 0 fully saturated rings. The highest BCUT2D eigenvalue weighted by molar-refractivity contribution is 8.01. The molecule has 0 unspecified atom stereocenters. The lowest BCUT2D eigenvalue weighted by Crippen LogP contribution is -2.27. The van der Waals surface area contributed by atoms with Crippen LogP contribution < -0.4 is 16.2 Å². The molecule has 0 bridgehead atoms. The van der Waals surface area contributed by atoms with E-state index in [2.05, 4.69) is 15.5 Å². The molecule has 0 aliphatic carbocycles. The lowest BCUT2D eigenvalue weighted by atomic mass is 10.1. The number of nitrogens with one attached hydrogen (secondary N) is 1. The Bertz CT molecular complexity index is 773. The maximum atomic E-state index is 11.7. The first kappa shape index (κ1) is 17.7. The second-order valence-electron chi connectivity index (χ2n) is 4.48. The van der Waals surface area contributed by atoms with Gasteiger partial charge in [0.05, 0.1) is 10.6 Å². The van der Waals surface area contributed by atoms with Crippen LogP contribution in [0.1, 0.15) is 5.56 Å². The molecule has 0 spiro atoms. The number of primary sulfonamides is 1. The van der Waals surface area contributed by atoms with E-state index < -0.39 is 10.0 Å². The van der Waals surface area contributed by atoms with Gasteiger partial charge < -0.3 is 11.1 Å². The molecule has 0 radical (unpaired) electrons. The minimum Gasteiger partial charge on any atom is -0.374 e. The van der Waals surface area contributed by atoms with Crippen LogP contribution in [0.3, 0.4) is 0 Å². The zero-order chi connectivity index (χ0) is 16.9. The van der Waals surface area contributed by atoms with Crippen molar-refractivity contribution in [3.63, 3.8) is 0 Å². The number of thioether (sulfide) groups is 1. The number of rotatable bonds is 7. The van der Waals surface area contributed by atoms with Crippen molar-refractivity contribution >= 4 is 44.2 Å². The Labute approximate surface area is 141 Å². The summed E-state index contributed by atoms with van der Waals surface area (Å²) < 4.78 is 22.9. The number of nitrogens with two attached hydrogens (primary N) is 2. The fourth-order valence-electron chi connectivity index (χ4n) is 1.65. The summed E-state index contributed by atoms with van der Waals surface area (Å²) in [4.78, 5) is 11.8. The topological polar surface area (TPSA) is 141 Å². The van der Waals surface area contributed by atoms with Crippen LogP contribution in [0.4, 0.5) is 5.13 Å². The van der Waals surface area contributed by atoms with Crippen molar-refractivity contribution in [1.29, 1.82) is 0 Å². The summed E-state index contributed by atoms with van der Waals surface area (Å²) in [5.74, 6) is 0.115. The minimum absolute atomic E-state index is 0.0676. The first-order chi connectivity index (χ1) is 10.8. The smallest absolute Gasteiger partial charge is 0.238 e. The monoisotopic (exact) mass is 373 g/mol. The molecule has 1 amide bonds. The standard InChI is InChI=1S/C12H15N5O3S3/c13-11-16-17-12(22-11)21-7-10(18)15-6-5-8-1-3-9(4-2-8)23(14,19)20/h1-4H,5-7H2,(H2,13,16)(H,15,18)(H2,14,19,20). The van der Waals surface area contributed by atoms with Gasteiger partial charge in [0.1, 0.15) is 0 Å². The molecule has 1 heterocycles. The zero-order valence-corrected chi connectivity index (χ0v) is 14.4. The zero-order valence-electron chi connectivity index (χ0n) is 11.9. The van der Waals surface area contributed by atoms with E-state index in [9.17, 15) is 13.2 Å². The summed E-state index contributed by atoms with van der Waals surface area (Å²) in [7, 11) is -3.68. The number of aromatic nitrogens is 2. The Kier molecular flexibility index (Phi) is 5.93. The number of benzene rings is 1. The number of anilines is 1. The average molecular weight is 373 g/mol. The summed E-state index contributed by atoms with van der Waals surface area (Å²) in [5, 5.41) is 15.6. The highest BCUT2D eigenvalue weighted by Gasteiger charge is 2.08. The van der Waals surface area contributed by atoms with Crippen molar-refractivity contribution < 1.29 is 13.2 Å². The van der Waals surface area contributed by atoms with Gasteiger partial charge in [0.25, 0.3) is 0 Å². The molecule has 1 aromatic heterocycles. The van der Waals surface area contributed by atoms with Gasteiger partial charge in [-0.1, -0.05) is 35.2 Å². The minimum atomic E-state index is -3.68. The molecule has 0 aliphatic rings. The third-order valence-electron chi connectivity index (χ3n) is 2.74. The summed E-state index contributed by atoms with van der Waals surface area (Å²) in [6.45, 7) is 0.451. The molecule has 1 aromatic carbocycles. The number of carbonyl (C=O) groups is 1. The summed E-state index contributed by atoms with van der Waals surface area (Å²) in [5.41, 5.74) is 6.36. The van der Waals surface area contributed by atoms with Gasteiger partial charge >= 0.3 is 0 Å². The molecule has 5 N–H and O–H groups in total. The average Bonchev–Trinajstić information content (AvgIpc) is 2.90. The number of nitrogen functional groups attached to an aromatic ring is 1. The normalized spacial score (nSPS) is 11.3. The predicted octanol–water partition coefficient (Wildman–Crippen LogP) is 0.219. The maximum Gasteiger partial charge on any atom is 0.238 e. The van der Waals surface area contributed by atoms with Crippen LogP contribution in [-0.2, 0) is 21.2 Å². The number of hydrogen-bond donors (Lipinski definition) is 3. The van der Waals surface area contributed by atoms with Crippen molar-refractivity contribution in [3.8, 4) is 0 Å². The van der Waals surface area contributed by atoms with E-state index in [1.54, 1.807) is 12.1 Å². The van der Waals surface area contributed by atoms with Crippen molar-refractivity contribution in [2.75, 3.05) is 18.0 Å². The van der Waals surface area contributed by atoms with Gasteiger partial charge in [-0.15, -0.1) is 10.2 Å². The molecule has 11 heteroatoms. The Morgan fingerprint density at radius 3 is 2.52 bits per heavy atom. The molecule has 23 heavy (non-hydrogen) atoms. The molecule has 124 valence electrons. The van der Waals surface area contributed by atoms with Crippen molar-refractivity contribution in [3.05, 3.63) is 29.8 Å². The Hall–Kier alpha value is -1.69. The van der Waals surface area contributed by atoms with Crippen molar-refractivity contribution in [2.45, 2.75) is 15.7 Å². The van der Waals surface area contributed by atoms with E-state index in [0.717, 1.165) is 5.56 Å². The number of amides is 1. The van der Waals surface area contributed by atoms with Crippen LogP contribution in [0, 0.1) is 0 Å². The summed E-state index contributed by atoms with van der Waals surface area (Å²) in [6, 6.07) is 6.24. The third kappa shape index (κ3) is 5.78. The van der Waals surface area contributed by atoms with Crippen LogP contribution in [-0.4, -0.2) is 36.8 Å². The quantitative estimate of drug-likeness (QED) is 0.589. The van der Waals surface area contributed by atoms with Gasteiger partial charge in [-0.2, -0.15) is 0 Å². The first-order valence-electron chi connectivity index (χ1n) is 6.45. The fourth-order valence-corrected chi connectivity index (χ4v) is 3.63. The summed E-state index contributed by atoms with van der Waals surface area (Å²) in [6.07, 6.45) is 0.590. The van der Waals surface area contributed by atoms with Crippen molar-refractivity contribution in [2.24, 2.45) is 5.14 Å². The van der Waals surface area contributed by atoms with E-state index in [0.29, 0.717) is 22.4 Å². The fraction of sp³-hybridized carbons (Fsp3) is 0.250. The summed E-state index contributed by atoms with van der Waals surface area (Å²) >= 11 is 2.51. The lowest BCUT2D eigenvalue weighted by Gasteiger charge is -2.05. The van der Waals surface area contributed by atoms with Gasteiger partial charge in [-0.25, -0.2) is 13.6 Å². The lowest BCUT2D eigenvalue weighted by molar-refractivity contribution is -0.118. The van der Waals surface area contributed by atoms with Gasteiger partial charge in [0.2, 0.25) is 21.1 Å². The highest BCUT2D eigenvalue weighted by atomic mass is 32.2. The molecule has 2 aromatic rings. The Morgan fingerprint density at radius 2 is 1.96 bits per heavy atom. The van der Waals surface area contributed by atoms with Crippen LogP contribution in [0.25, 0.3) is 0 Å². The Morgan fingerprint density at radius 1 is 1.26 bits per heavy atom. The van der Waals surface area contributed by atoms with Gasteiger partial charge in [-0.05, 0) is 24.1 Å². The molecule has 0 atom stereocenters. The van der Waals surface area contributed by atoms with Gasteiger partial charge in [0, 0.05) is 6.54 Å². The maximum absolute atomic E-state index is 11.7. The number of hydrogen-bond acceptors (Lipinski definition) is 8. The molecule has 8 nitrogen and oxygen atoms in total. The first-order valence-corrected chi connectivity index (χ1v) is 9.79. The van der Waals surface area contributed by atoms with Gasteiger partial charge in [0.15, 0.2) is 4.34 Å². The molecule has 0 saturated heterocycles. The van der Waals surface area contributed by atoms with Crippen LogP contribution in [0.5, 0.6) is 0 Å². The molecule has 0 aliphatic heterocycles. The third-order valence-corrected chi connectivity index (χ3v) is 5.55. The molecule has 2 rings (SSSR count). The SMILES string of the molecule is Nc1nnc(SCC(=O)NCCc2ccc(S(N)(=O)=O)cc2)s1. The van der Waals surface area contributed by atoms with Gasteiger partial charge in [-0.3, -0.25) is 4.79 Å². The second-order valence-corrected chi connectivity index (χ2v) is 8.28. The van der Waals surface area contributed by atoms with Crippen LogP contribution in [0.2, 0.25) is 0 Å². The molecular weight excluding hydrogens is 358 g/mol. The predicted molar refractivity (Wildman–Crippen MR) is 89.6 cm³/mol. The highest BCUT2D eigenvalue weighted by Crippen LogP contribution is 2.22. The number of sulfonamides is 1. The molecule has 0 saturated carbocycles. The molecular formula is C12H15N5O3S3. The number of carbonyl (C=O) groups excluding carboxylic acids is 1. The van der Waals surface area contributed by atoms with E-state index in [1.807, 2.05) is 0 Å². The van der Waals surface area contributed by atoms with Crippen molar-refractivity contribution in [1.82, 2.24) is 15.5 Å². The van der Waals surface area contributed by atoms with E-state index >= 15 is 0 Å². The number of nitrogens with zero attached hydrogens (tertiary/aromatic N) is 2. The van der Waals surface area contributed by atoms with E-state index in [1.165, 1.54) is 35.2 Å². The van der Waals surface area contributed by atoms with E-state index in [4.69, 9.17) is 10.9 Å².